The number of amides is 2. The van der Waals surface area contributed by atoms with Gasteiger partial charge in [-0.25, -0.2) is 0 Å². The number of benzene rings is 1. The van der Waals surface area contributed by atoms with Crippen LogP contribution < -0.4 is 0 Å². The predicted octanol–water partition coefficient (Wildman–Crippen LogP) is 3.86. The minimum atomic E-state index is -1.76. The van der Waals surface area contributed by atoms with Crippen LogP contribution in [0.25, 0.3) is 0 Å². The molecular weight excluding hydrogens is 306 g/mol. The molecule has 0 spiro atoms. The summed E-state index contributed by atoms with van der Waals surface area (Å²) >= 11 is 0. The third-order valence-electron chi connectivity index (χ3n) is 4.68. The number of imide groups is 1. The Morgan fingerprint density at radius 3 is 2.04 bits per heavy atom. The molecule has 5 heteroatoms. The van der Waals surface area contributed by atoms with Crippen molar-refractivity contribution in [3.8, 4) is 0 Å². The van der Waals surface area contributed by atoms with E-state index in [9.17, 15) is 9.59 Å². The second-order valence-corrected chi connectivity index (χ2v) is 12.1. The van der Waals surface area contributed by atoms with Crippen LogP contribution in [-0.4, -0.2) is 38.2 Å². The third kappa shape index (κ3) is 3.62. The molecule has 1 aliphatic rings. The Morgan fingerprint density at radius 1 is 1.04 bits per heavy atom. The van der Waals surface area contributed by atoms with E-state index >= 15 is 0 Å². The molecule has 0 radical (unpaired) electrons. The van der Waals surface area contributed by atoms with E-state index < -0.39 is 8.32 Å². The predicted molar refractivity (Wildman–Crippen MR) is 94.1 cm³/mol. The van der Waals surface area contributed by atoms with Crippen LogP contribution >= 0.6 is 0 Å². The second-order valence-electron chi connectivity index (χ2n) is 7.31. The molecule has 2 amide bonds. The molecule has 0 atom stereocenters. The standard InChI is InChI=1S/C18H25NO3Si/c1-18(2,3)23(4,5)22-13-9-8-12-19-16(20)14-10-6-7-11-15(14)17(19)21/h6-11H,12-13H2,1-5H3/b9-8+. The van der Waals surface area contributed by atoms with Crippen LogP contribution in [0.1, 0.15) is 41.5 Å². The number of nitrogens with zero attached hydrogens (tertiary/aromatic N) is 1. The first-order chi connectivity index (χ1) is 10.6. The smallest absolute Gasteiger partial charge is 0.261 e. The lowest BCUT2D eigenvalue weighted by atomic mass is 10.1. The first kappa shape index (κ1) is 17.6. The molecule has 0 bridgehead atoms. The fourth-order valence-electron chi connectivity index (χ4n) is 2.13. The lowest BCUT2D eigenvalue weighted by Crippen LogP contribution is -2.40. The van der Waals surface area contributed by atoms with Crippen molar-refractivity contribution >= 4 is 20.1 Å². The highest BCUT2D eigenvalue weighted by Gasteiger charge is 2.37. The van der Waals surface area contributed by atoms with E-state index in [2.05, 4.69) is 33.9 Å². The van der Waals surface area contributed by atoms with Crippen LogP contribution in [0.2, 0.25) is 18.1 Å². The molecule has 1 aliphatic heterocycles. The molecule has 2 rings (SSSR count). The summed E-state index contributed by atoms with van der Waals surface area (Å²) in [6.07, 6.45) is 3.72. The van der Waals surface area contributed by atoms with Crippen LogP contribution in [-0.2, 0) is 4.43 Å². The Labute approximate surface area is 139 Å². The van der Waals surface area contributed by atoms with Crippen molar-refractivity contribution < 1.29 is 14.0 Å². The van der Waals surface area contributed by atoms with Gasteiger partial charge in [0.25, 0.3) is 11.8 Å². The van der Waals surface area contributed by atoms with Gasteiger partial charge in [-0.1, -0.05) is 45.1 Å². The lowest BCUT2D eigenvalue weighted by molar-refractivity contribution is 0.0671. The Morgan fingerprint density at radius 2 is 1.57 bits per heavy atom. The van der Waals surface area contributed by atoms with E-state index in [4.69, 9.17) is 4.43 Å². The van der Waals surface area contributed by atoms with Crippen molar-refractivity contribution in [1.82, 2.24) is 4.90 Å². The van der Waals surface area contributed by atoms with Crippen LogP contribution in [0.5, 0.6) is 0 Å². The molecule has 124 valence electrons. The van der Waals surface area contributed by atoms with Crippen molar-refractivity contribution in [2.75, 3.05) is 13.2 Å². The molecule has 0 saturated heterocycles. The fourth-order valence-corrected chi connectivity index (χ4v) is 3.07. The summed E-state index contributed by atoms with van der Waals surface area (Å²) in [5.74, 6) is -0.443. The maximum Gasteiger partial charge on any atom is 0.261 e. The first-order valence-electron chi connectivity index (χ1n) is 7.89. The lowest BCUT2D eigenvalue weighted by Gasteiger charge is -2.35. The van der Waals surface area contributed by atoms with Crippen LogP contribution in [0.15, 0.2) is 36.4 Å². The second kappa shape index (κ2) is 6.41. The van der Waals surface area contributed by atoms with Gasteiger partial charge in [-0.15, -0.1) is 0 Å². The summed E-state index contributed by atoms with van der Waals surface area (Å²) in [4.78, 5) is 25.7. The third-order valence-corrected chi connectivity index (χ3v) is 9.18. The number of carbonyl (C=O) groups is 2. The molecule has 0 fully saturated rings. The normalized spacial score (nSPS) is 15.6. The zero-order valence-electron chi connectivity index (χ0n) is 14.6. The first-order valence-corrected chi connectivity index (χ1v) is 10.8. The Kier molecular flexibility index (Phi) is 4.92. The van der Waals surface area contributed by atoms with E-state index in [1.807, 2.05) is 12.2 Å². The van der Waals surface area contributed by atoms with Gasteiger partial charge in [0.05, 0.1) is 17.7 Å². The van der Waals surface area contributed by atoms with Crippen molar-refractivity contribution in [3.05, 3.63) is 47.5 Å². The van der Waals surface area contributed by atoms with E-state index in [0.717, 1.165) is 0 Å². The zero-order valence-corrected chi connectivity index (χ0v) is 15.6. The van der Waals surface area contributed by atoms with E-state index in [-0.39, 0.29) is 23.4 Å². The maximum absolute atomic E-state index is 12.2. The van der Waals surface area contributed by atoms with Crippen LogP contribution in [0.4, 0.5) is 0 Å². The van der Waals surface area contributed by atoms with Gasteiger partial charge in [0.15, 0.2) is 8.32 Å². The molecular formula is C18H25NO3Si. The van der Waals surface area contributed by atoms with Crippen LogP contribution in [0.3, 0.4) is 0 Å². The van der Waals surface area contributed by atoms with E-state index in [1.165, 1.54) is 4.90 Å². The van der Waals surface area contributed by atoms with Gasteiger partial charge < -0.3 is 4.43 Å². The summed E-state index contributed by atoms with van der Waals surface area (Å²) in [6.45, 7) is 11.8. The summed E-state index contributed by atoms with van der Waals surface area (Å²) in [6, 6.07) is 6.94. The summed E-state index contributed by atoms with van der Waals surface area (Å²) < 4.78 is 6.04. The molecule has 0 aliphatic carbocycles. The van der Waals surface area contributed by atoms with Crippen LogP contribution in [0, 0.1) is 0 Å². The summed E-state index contributed by atoms with van der Waals surface area (Å²) in [7, 11) is -1.76. The Hall–Kier alpha value is -1.72. The average Bonchev–Trinajstić information content (AvgIpc) is 2.71. The summed E-state index contributed by atoms with van der Waals surface area (Å²) in [5, 5.41) is 0.170. The van der Waals surface area contributed by atoms with Gasteiger partial charge in [-0.05, 0) is 30.3 Å². The van der Waals surface area contributed by atoms with Crippen molar-refractivity contribution in [3.63, 3.8) is 0 Å². The highest BCUT2D eigenvalue weighted by Crippen LogP contribution is 2.36. The van der Waals surface area contributed by atoms with Gasteiger partial charge in [0, 0.05) is 6.54 Å². The van der Waals surface area contributed by atoms with E-state index in [0.29, 0.717) is 17.7 Å². The van der Waals surface area contributed by atoms with E-state index in [1.54, 1.807) is 24.3 Å². The number of hydrogen-bond acceptors (Lipinski definition) is 3. The van der Waals surface area contributed by atoms with Gasteiger partial charge in [-0.3, -0.25) is 14.5 Å². The quantitative estimate of drug-likeness (QED) is 0.467. The van der Waals surface area contributed by atoms with Gasteiger partial charge >= 0.3 is 0 Å². The minimum absolute atomic E-state index is 0.170. The number of fused-ring (bicyclic) bond motifs is 1. The fraction of sp³-hybridized carbons (Fsp3) is 0.444. The monoisotopic (exact) mass is 331 g/mol. The molecule has 1 aromatic carbocycles. The zero-order chi connectivity index (χ0) is 17.3. The largest absolute Gasteiger partial charge is 0.413 e. The number of rotatable bonds is 5. The molecule has 0 saturated carbocycles. The van der Waals surface area contributed by atoms with Gasteiger partial charge in [0.2, 0.25) is 0 Å². The Balaban J connectivity index is 1.91. The SMILES string of the molecule is CC(C)(C)[Si](C)(C)OC/C=C/CN1C(=O)c2ccccc2C1=O. The van der Waals surface area contributed by atoms with Crippen molar-refractivity contribution in [2.45, 2.75) is 38.9 Å². The highest BCUT2D eigenvalue weighted by atomic mass is 28.4. The highest BCUT2D eigenvalue weighted by molar-refractivity contribution is 6.74. The summed E-state index contributed by atoms with van der Waals surface area (Å²) in [5.41, 5.74) is 0.979. The minimum Gasteiger partial charge on any atom is -0.413 e. The maximum atomic E-state index is 12.2. The van der Waals surface area contributed by atoms with Crippen molar-refractivity contribution in [2.24, 2.45) is 0 Å². The molecule has 1 heterocycles. The molecule has 4 nitrogen and oxygen atoms in total. The molecule has 0 aromatic heterocycles. The molecule has 0 N–H and O–H groups in total. The van der Waals surface area contributed by atoms with Crippen molar-refractivity contribution in [1.29, 1.82) is 0 Å². The molecule has 1 aromatic rings. The average molecular weight is 331 g/mol. The molecule has 23 heavy (non-hydrogen) atoms. The number of carbonyl (C=O) groups excluding carboxylic acids is 2. The topological polar surface area (TPSA) is 46.6 Å². The Bertz CT molecular complexity index is 609. The van der Waals surface area contributed by atoms with Gasteiger partial charge in [0.1, 0.15) is 0 Å². The number of hydrogen-bond donors (Lipinski definition) is 0. The van der Waals surface area contributed by atoms with Gasteiger partial charge in [-0.2, -0.15) is 0 Å². The molecule has 0 unspecified atom stereocenters.